The Morgan fingerprint density at radius 3 is 2.93 bits per heavy atom. The van der Waals surface area contributed by atoms with E-state index >= 15 is 0 Å². The van der Waals surface area contributed by atoms with Crippen LogP contribution in [0.15, 0.2) is 47.2 Å². The zero-order valence-electron chi connectivity index (χ0n) is 16.4. The third-order valence-electron chi connectivity index (χ3n) is 5.05. The van der Waals surface area contributed by atoms with Crippen LogP contribution in [-0.2, 0) is 24.2 Å². The molecule has 6 nitrogen and oxygen atoms in total. The molecule has 4 rings (SSSR count). The number of hydrogen-bond acceptors (Lipinski definition) is 6. The highest BCUT2D eigenvalue weighted by molar-refractivity contribution is 8.00. The van der Waals surface area contributed by atoms with Crippen LogP contribution in [0.3, 0.4) is 0 Å². The fourth-order valence-corrected chi connectivity index (χ4v) is 5.13. The monoisotopic (exact) mass is 426 g/mol. The molecule has 0 fully saturated rings. The quantitative estimate of drug-likeness (QED) is 0.424. The standard InChI is InChI=1S/C21H22N4O2S2/c1-14(29-21-23-22-13-24(21)9-8-18-4-3-11-28-18)20(27)17-5-6-19-16(12-17)7-10-25(19)15(2)26/h3-6,11-14H,7-10H2,1-2H3. The lowest BCUT2D eigenvalue weighted by molar-refractivity contribution is -0.116. The number of aromatic nitrogens is 3. The number of carbonyl (C=O) groups excluding carboxylic acids is 2. The van der Waals surface area contributed by atoms with Crippen molar-refractivity contribution in [3.05, 3.63) is 58.0 Å². The van der Waals surface area contributed by atoms with Gasteiger partial charge in [0.05, 0.1) is 5.25 Å². The minimum atomic E-state index is -0.275. The van der Waals surface area contributed by atoms with Gasteiger partial charge in [-0.15, -0.1) is 21.5 Å². The molecule has 0 bridgehead atoms. The average molecular weight is 427 g/mol. The van der Waals surface area contributed by atoms with Gasteiger partial charge in [-0.3, -0.25) is 9.59 Å². The first-order valence-electron chi connectivity index (χ1n) is 9.55. The first-order valence-corrected chi connectivity index (χ1v) is 11.3. The number of nitrogens with zero attached hydrogens (tertiary/aromatic N) is 4. The van der Waals surface area contributed by atoms with Crippen LogP contribution in [0.1, 0.15) is 34.6 Å². The highest BCUT2D eigenvalue weighted by Crippen LogP contribution is 2.31. The molecule has 2 aromatic heterocycles. The Kier molecular flexibility index (Phi) is 5.82. The molecule has 1 aliphatic heterocycles. The van der Waals surface area contributed by atoms with E-state index in [1.807, 2.05) is 29.7 Å². The Morgan fingerprint density at radius 1 is 1.31 bits per heavy atom. The van der Waals surface area contributed by atoms with Gasteiger partial charge in [0.2, 0.25) is 5.91 Å². The Hall–Kier alpha value is -2.45. The molecule has 0 spiro atoms. The predicted molar refractivity (Wildman–Crippen MR) is 116 cm³/mol. The van der Waals surface area contributed by atoms with Gasteiger partial charge in [-0.1, -0.05) is 17.8 Å². The topological polar surface area (TPSA) is 68.1 Å². The van der Waals surface area contributed by atoms with E-state index in [0.29, 0.717) is 12.1 Å². The second-order valence-electron chi connectivity index (χ2n) is 7.02. The molecule has 0 radical (unpaired) electrons. The smallest absolute Gasteiger partial charge is 0.223 e. The summed E-state index contributed by atoms with van der Waals surface area (Å²) in [5.41, 5.74) is 2.66. The summed E-state index contributed by atoms with van der Waals surface area (Å²) in [7, 11) is 0. The van der Waals surface area contributed by atoms with Crippen LogP contribution in [-0.4, -0.2) is 38.2 Å². The summed E-state index contributed by atoms with van der Waals surface area (Å²) in [5.74, 6) is 0.0977. The van der Waals surface area contributed by atoms with Crippen LogP contribution in [0.4, 0.5) is 5.69 Å². The highest BCUT2D eigenvalue weighted by Gasteiger charge is 2.25. The number of amides is 1. The molecule has 0 saturated carbocycles. The predicted octanol–water partition coefficient (Wildman–Crippen LogP) is 3.85. The Bertz CT molecular complexity index is 1030. The van der Waals surface area contributed by atoms with Crippen molar-refractivity contribution in [3.63, 3.8) is 0 Å². The van der Waals surface area contributed by atoms with E-state index in [9.17, 15) is 9.59 Å². The van der Waals surface area contributed by atoms with Crippen molar-refractivity contribution in [1.82, 2.24) is 14.8 Å². The number of carbonyl (C=O) groups is 2. The van der Waals surface area contributed by atoms with Crippen molar-refractivity contribution in [2.45, 2.75) is 43.6 Å². The molecule has 150 valence electrons. The second-order valence-corrected chi connectivity index (χ2v) is 9.36. The summed E-state index contributed by atoms with van der Waals surface area (Å²) in [5, 5.41) is 10.8. The Morgan fingerprint density at radius 2 is 2.17 bits per heavy atom. The van der Waals surface area contributed by atoms with E-state index in [-0.39, 0.29) is 16.9 Å². The molecule has 0 saturated heterocycles. The van der Waals surface area contributed by atoms with Gasteiger partial charge in [-0.2, -0.15) is 0 Å². The van der Waals surface area contributed by atoms with Crippen LogP contribution in [0.2, 0.25) is 0 Å². The number of ketones is 1. The number of rotatable bonds is 7. The molecule has 1 aliphatic rings. The maximum absolute atomic E-state index is 13.0. The fraction of sp³-hybridized carbons (Fsp3) is 0.333. The first-order chi connectivity index (χ1) is 14.0. The van der Waals surface area contributed by atoms with Crippen molar-refractivity contribution in [1.29, 1.82) is 0 Å². The van der Waals surface area contributed by atoms with Crippen molar-refractivity contribution in [2.75, 3.05) is 11.4 Å². The summed E-state index contributed by atoms with van der Waals surface area (Å²) >= 11 is 3.17. The van der Waals surface area contributed by atoms with E-state index < -0.39 is 0 Å². The maximum atomic E-state index is 13.0. The van der Waals surface area contributed by atoms with Gasteiger partial charge in [0, 0.05) is 36.1 Å². The Labute approximate surface area is 177 Å². The molecule has 1 amide bonds. The summed E-state index contributed by atoms with van der Waals surface area (Å²) in [4.78, 5) is 27.8. The van der Waals surface area contributed by atoms with E-state index in [1.165, 1.54) is 16.6 Å². The number of thioether (sulfide) groups is 1. The van der Waals surface area contributed by atoms with E-state index in [4.69, 9.17) is 0 Å². The van der Waals surface area contributed by atoms with E-state index in [0.717, 1.165) is 35.8 Å². The normalized spacial score (nSPS) is 14.1. The van der Waals surface area contributed by atoms with Crippen LogP contribution in [0.25, 0.3) is 0 Å². The van der Waals surface area contributed by atoms with Crippen LogP contribution < -0.4 is 4.90 Å². The lowest BCUT2D eigenvalue weighted by atomic mass is 10.0. The van der Waals surface area contributed by atoms with Crippen molar-refractivity contribution in [2.24, 2.45) is 0 Å². The van der Waals surface area contributed by atoms with Gasteiger partial charge in [-0.05, 0) is 55.0 Å². The van der Waals surface area contributed by atoms with E-state index in [1.54, 1.807) is 29.5 Å². The highest BCUT2D eigenvalue weighted by atomic mass is 32.2. The van der Waals surface area contributed by atoms with Gasteiger partial charge in [0.1, 0.15) is 6.33 Å². The third-order valence-corrected chi connectivity index (χ3v) is 7.08. The van der Waals surface area contributed by atoms with Crippen molar-refractivity contribution in [3.8, 4) is 0 Å². The van der Waals surface area contributed by atoms with Gasteiger partial charge < -0.3 is 9.47 Å². The van der Waals surface area contributed by atoms with Gasteiger partial charge in [0.25, 0.3) is 0 Å². The number of hydrogen-bond donors (Lipinski definition) is 0. The molecule has 29 heavy (non-hydrogen) atoms. The molecule has 8 heteroatoms. The minimum absolute atomic E-state index is 0.0358. The van der Waals surface area contributed by atoms with Crippen LogP contribution >= 0.6 is 23.1 Å². The number of anilines is 1. The molecule has 1 unspecified atom stereocenters. The van der Waals surface area contributed by atoms with Gasteiger partial charge >= 0.3 is 0 Å². The second kappa shape index (κ2) is 8.51. The number of Topliss-reactive ketones (excluding diaryl/α,β-unsaturated/α-hetero) is 1. The molecule has 1 atom stereocenters. The summed E-state index contributed by atoms with van der Waals surface area (Å²) in [6.45, 7) is 4.94. The molecule has 1 aromatic carbocycles. The molecular formula is C21H22N4O2S2. The largest absolute Gasteiger partial charge is 0.312 e. The lowest BCUT2D eigenvalue weighted by Gasteiger charge is -2.15. The summed E-state index contributed by atoms with van der Waals surface area (Å²) in [6.07, 6.45) is 3.43. The van der Waals surface area contributed by atoms with Crippen LogP contribution in [0.5, 0.6) is 0 Å². The third kappa shape index (κ3) is 4.28. The van der Waals surface area contributed by atoms with Crippen molar-refractivity contribution < 1.29 is 9.59 Å². The molecule has 0 aliphatic carbocycles. The fourth-order valence-electron chi connectivity index (χ4n) is 3.50. The Balaban J connectivity index is 1.43. The summed E-state index contributed by atoms with van der Waals surface area (Å²) < 4.78 is 2.00. The number of fused-ring (bicyclic) bond motifs is 1. The zero-order chi connectivity index (χ0) is 20.4. The molecule has 3 aromatic rings. The number of thiophene rings is 1. The first kappa shape index (κ1) is 19.8. The van der Waals surface area contributed by atoms with Crippen LogP contribution in [0, 0.1) is 0 Å². The van der Waals surface area contributed by atoms with E-state index in [2.05, 4.69) is 27.7 Å². The maximum Gasteiger partial charge on any atom is 0.223 e. The number of aryl methyl sites for hydroxylation is 2. The lowest BCUT2D eigenvalue weighted by Crippen LogP contribution is -2.25. The summed E-state index contributed by atoms with van der Waals surface area (Å²) in [6, 6.07) is 9.81. The molecule has 0 N–H and O–H groups in total. The number of benzene rings is 1. The van der Waals surface area contributed by atoms with Gasteiger partial charge in [0.15, 0.2) is 10.9 Å². The van der Waals surface area contributed by atoms with Gasteiger partial charge in [-0.25, -0.2) is 0 Å². The SMILES string of the molecule is CC(=O)N1CCc2cc(C(=O)C(C)Sc3nncn3CCc3cccs3)ccc21. The molecule has 3 heterocycles. The minimum Gasteiger partial charge on any atom is -0.312 e. The zero-order valence-corrected chi connectivity index (χ0v) is 18.0. The molecular weight excluding hydrogens is 404 g/mol. The average Bonchev–Trinajstić information content (AvgIpc) is 3.45. The van der Waals surface area contributed by atoms with Crippen molar-refractivity contribution >= 4 is 40.5 Å².